The molecule has 2 rings (SSSR count). The Morgan fingerprint density at radius 3 is 2.38 bits per heavy atom. The summed E-state index contributed by atoms with van der Waals surface area (Å²) in [6.07, 6.45) is -1.41. The second-order valence-electron chi connectivity index (χ2n) is 5.76. The molecule has 1 aliphatic heterocycles. The van der Waals surface area contributed by atoms with Crippen molar-refractivity contribution in [1.29, 1.82) is 0 Å². The number of hydrogen-bond acceptors (Lipinski definition) is 2. The van der Waals surface area contributed by atoms with Crippen molar-refractivity contribution in [1.82, 2.24) is 10.2 Å². The van der Waals surface area contributed by atoms with Crippen LogP contribution in [0.2, 0.25) is 0 Å². The van der Waals surface area contributed by atoms with Crippen molar-refractivity contribution in [3.63, 3.8) is 0 Å². The zero-order chi connectivity index (χ0) is 17.0. The van der Waals surface area contributed by atoms with Gasteiger partial charge in [-0.05, 0) is 44.0 Å². The van der Waals surface area contributed by atoms with Gasteiger partial charge in [0.05, 0.1) is 5.56 Å². The molecule has 1 heterocycles. The van der Waals surface area contributed by atoms with Gasteiger partial charge < -0.3 is 10.2 Å². The number of benzene rings is 1. The molecule has 0 atom stereocenters. The molecule has 0 aromatic heterocycles. The summed E-state index contributed by atoms with van der Waals surface area (Å²) in [6, 6.07) is 5.73. The number of allylic oxidation sites excluding steroid dienone is 1. The van der Waals surface area contributed by atoms with Crippen molar-refractivity contribution < 1.29 is 18.0 Å². The van der Waals surface area contributed by atoms with Gasteiger partial charge in [-0.2, -0.15) is 13.2 Å². The van der Waals surface area contributed by atoms with Gasteiger partial charge in [0.2, 0.25) is 5.91 Å². The van der Waals surface area contributed by atoms with E-state index in [1.165, 1.54) is 18.2 Å². The first-order valence-corrected chi connectivity index (χ1v) is 7.64. The maximum Gasteiger partial charge on any atom is 0.416 e. The normalized spacial score (nSPS) is 16.7. The number of rotatable bonds is 3. The van der Waals surface area contributed by atoms with Crippen molar-refractivity contribution in [2.24, 2.45) is 0 Å². The number of halogens is 4. The van der Waals surface area contributed by atoms with Crippen molar-refractivity contribution in [3.8, 4) is 0 Å². The fourth-order valence-electron chi connectivity index (χ4n) is 2.82. The third-order valence-corrected chi connectivity index (χ3v) is 4.21. The Labute approximate surface area is 146 Å². The van der Waals surface area contributed by atoms with Gasteiger partial charge in [-0.3, -0.25) is 4.79 Å². The van der Waals surface area contributed by atoms with E-state index in [-0.39, 0.29) is 23.9 Å². The highest BCUT2D eigenvalue weighted by molar-refractivity contribution is 5.95. The van der Waals surface area contributed by atoms with Crippen molar-refractivity contribution >= 4 is 23.9 Å². The molecular weight excluding hydrogens is 341 g/mol. The third-order valence-electron chi connectivity index (χ3n) is 4.21. The SMILES string of the molecule is CNC1CCN(C(=O)/C=C(\C)c2ccccc2C(F)(F)F)CC1.Cl. The van der Waals surface area contributed by atoms with Crippen molar-refractivity contribution in [2.45, 2.75) is 32.0 Å². The van der Waals surface area contributed by atoms with Crippen LogP contribution in [0, 0.1) is 0 Å². The number of hydrogen-bond donors (Lipinski definition) is 1. The summed E-state index contributed by atoms with van der Waals surface area (Å²) in [4.78, 5) is 14.0. The minimum absolute atomic E-state index is 0. The monoisotopic (exact) mass is 362 g/mol. The van der Waals surface area contributed by atoms with Crippen LogP contribution >= 0.6 is 12.4 Å². The standard InChI is InChI=1S/C17H21F3N2O.ClH/c1-12(14-5-3-4-6-15(14)17(18,19)20)11-16(23)22-9-7-13(21-2)8-10-22;/h3-6,11,13,21H,7-10H2,1-2H3;1H/b12-11+;. The van der Waals surface area contributed by atoms with Crippen LogP contribution in [0.25, 0.3) is 5.57 Å². The molecule has 1 N–H and O–H groups in total. The van der Waals surface area contributed by atoms with E-state index in [0.717, 1.165) is 18.9 Å². The second kappa shape index (κ2) is 8.53. The molecule has 0 radical (unpaired) electrons. The Bertz CT molecular complexity index is 594. The average molecular weight is 363 g/mol. The molecule has 1 fully saturated rings. The van der Waals surface area contributed by atoms with E-state index in [9.17, 15) is 18.0 Å². The molecule has 24 heavy (non-hydrogen) atoms. The summed E-state index contributed by atoms with van der Waals surface area (Å²) in [5.41, 5.74) is -0.326. The summed E-state index contributed by atoms with van der Waals surface area (Å²) < 4.78 is 39.2. The fraction of sp³-hybridized carbons (Fsp3) is 0.471. The van der Waals surface area contributed by atoms with E-state index in [2.05, 4.69) is 5.32 Å². The van der Waals surface area contributed by atoms with Crippen LogP contribution in [0.3, 0.4) is 0 Å². The highest BCUT2D eigenvalue weighted by Crippen LogP contribution is 2.34. The van der Waals surface area contributed by atoms with Crippen LogP contribution in [0.5, 0.6) is 0 Å². The molecule has 3 nitrogen and oxygen atoms in total. The van der Waals surface area contributed by atoms with Gasteiger partial charge in [-0.1, -0.05) is 18.2 Å². The van der Waals surface area contributed by atoms with Crippen LogP contribution in [0.1, 0.15) is 30.9 Å². The van der Waals surface area contributed by atoms with E-state index in [0.29, 0.717) is 24.7 Å². The maximum atomic E-state index is 13.1. The molecule has 134 valence electrons. The third kappa shape index (κ3) is 4.98. The summed E-state index contributed by atoms with van der Waals surface area (Å²) in [5.74, 6) is -0.228. The number of carbonyl (C=O) groups is 1. The Kier molecular flexibility index (Phi) is 7.29. The highest BCUT2D eigenvalue weighted by atomic mass is 35.5. The quantitative estimate of drug-likeness (QED) is 0.831. The lowest BCUT2D eigenvalue weighted by molar-refractivity contribution is -0.137. The second-order valence-corrected chi connectivity index (χ2v) is 5.76. The number of carbonyl (C=O) groups excluding carboxylic acids is 1. The topological polar surface area (TPSA) is 32.3 Å². The summed E-state index contributed by atoms with van der Waals surface area (Å²) in [5, 5.41) is 3.18. The molecule has 1 aliphatic rings. The van der Waals surface area contributed by atoms with Gasteiger partial charge in [0, 0.05) is 25.2 Å². The molecule has 0 unspecified atom stereocenters. The lowest BCUT2D eigenvalue weighted by Crippen LogP contribution is -2.43. The molecular formula is C17H22ClF3N2O. The number of nitrogens with one attached hydrogen (secondary N) is 1. The van der Waals surface area contributed by atoms with Crippen molar-refractivity contribution in [3.05, 3.63) is 41.5 Å². The van der Waals surface area contributed by atoms with Crippen LogP contribution in [-0.2, 0) is 11.0 Å². The van der Waals surface area contributed by atoms with E-state index < -0.39 is 11.7 Å². The van der Waals surface area contributed by atoms with E-state index in [4.69, 9.17) is 0 Å². The number of nitrogens with zero attached hydrogens (tertiary/aromatic N) is 1. The lowest BCUT2D eigenvalue weighted by Gasteiger charge is -2.31. The van der Waals surface area contributed by atoms with Crippen molar-refractivity contribution in [2.75, 3.05) is 20.1 Å². The van der Waals surface area contributed by atoms with Crippen LogP contribution in [0.4, 0.5) is 13.2 Å². The molecule has 1 aromatic rings. The van der Waals surface area contributed by atoms with Gasteiger partial charge in [-0.25, -0.2) is 0 Å². The predicted octanol–water partition coefficient (Wildman–Crippen LogP) is 3.74. The minimum atomic E-state index is -4.43. The highest BCUT2D eigenvalue weighted by Gasteiger charge is 2.33. The fourth-order valence-corrected chi connectivity index (χ4v) is 2.82. The molecule has 0 spiro atoms. The molecule has 7 heteroatoms. The van der Waals surface area contributed by atoms with Gasteiger partial charge in [-0.15, -0.1) is 12.4 Å². The van der Waals surface area contributed by atoms with E-state index in [1.54, 1.807) is 17.9 Å². The first kappa shape index (κ1) is 20.5. The number of likely N-dealkylation sites (tertiary alicyclic amines) is 1. The van der Waals surface area contributed by atoms with Crippen LogP contribution < -0.4 is 5.32 Å². The van der Waals surface area contributed by atoms with Gasteiger partial charge in [0.15, 0.2) is 0 Å². The number of piperidine rings is 1. The van der Waals surface area contributed by atoms with Gasteiger partial charge in [0.25, 0.3) is 0 Å². The zero-order valence-electron chi connectivity index (χ0n) is 13.7. The Balaban J connectivity index is 0.00000288. The van der Waals surface area contributed by atoms with Crippen LogP contribution in [-0.4, -0.2) is 37.0 Å². The number of amides is 1. The first-order chi connectivity index (χ1) is 10.8. The Morgan fingerprint density at radius 1 is 1.25 bits per heavy atom. The Hall–Kier alpha value is -1.53. The van der Waals surface area contributed by atoms with E-state index in [1.807, 2.05) is 7.05 Å². The zero-order valence-corrected chi connectivity index (χ0v) is 14.5. The number of alkyl halides is 3. The minimum Gasteiger partial charge on any atom is -0.339 e. The lowest BCUT2D eigenvalue weighted by atomic mass is 9.99. The van der Waals surface area contributed by atoms with Gasteiger partial charge >= 0.3 is 6.18 Å². The molecule has 0 aliphatic carbocycles. The molecule has 0 saturated carbocycles. The molecule has 1 amide bonds. The smallest absolute Gasteiger partial charge is 0.339 e. The van der Waals surface area contributed by atoms with Gasteiger partial charge in [0.1, 0.15) is 0 Å². The molecule has 0 bridgehead atoms. The first-order valence-electron chi connectivity index (χ1n) is 7.64. The molecule has 1 saturated heterocycles. The summed E-state index contributed by atoms with van der Waals surface area (Å²) in [7, 11) is 1.89. The summed E-state index contributed by atoms with van der Waals surface area (Å²) >= 11 is 0. The maximum absolute atomic E-state index is 13.1. The van der Waals surface area contributed by atoms with E-state index >= 15 is 0 Å². The molecule has 1 aromatic carbocycles. The Morgan fingerprint density at radius 2 is 1.83 bits per heavy atom. The summed E-state index contributed by atoms with van der Waals surface area (Å²) in [6.45, 7) is 2.78. The largest absolute Gasteiger partial charge is 0.416 e. The predicted molar refractivity (Wildman–Crippen MR) is 91.0 cm³/mol. The van der Waals surface area contributed by atoms with Crippen LogP contribution in [0.15, 0.2) is 30.3 Å². The average Bonchev–Trinajstić information content (AvgIpc) is 2.54.